The van der Waals surface area contributed by atoms with Gasteiger partial charge in [-0.05, 0) is 26.8 Å². The predicted molar refractivity (Wildman–Crippen MR) is 78.3 cm³/mol. The van der Waals surface area contributed by atoms with Gasteiger partial charge in [-0.15, -0.1) is 0 Å². The maximum atomic E-state index is 10.1. The van der Waals surface area contributed by atoms with E-state index in [-0.39, 0.29) is 26.8 Å². The number of aliphatic hydroxyl groups excluding tert-OH is 1. The number of benzene rings is 1. The predicted octanol–water partition coefficient (Wildman–Crippen LogP) is 2.87. The molecule has 0 spiro atoms. The number of anilines is 1. The van der Waals surface area contributed by atoms with Gasteiger partial charge in [0, 0.05) is 17.6 Å². The number of β-amino-alcohol motifs (C(OH)–C–C–N with tert-alkyl or cyclic N) is 1. The van der Waals surface area contributed by atoms with Gasteiger partial charge in [0.2, 0.25) is 0 Å². The summed E-state index contributed by atoms with van der Waals surface area (Å²) in [6.45, 7) is 6.25. The quantitative estimate of drug-likeness (QED) is 0.750. The van der Waals surface area contributed by atoms with Gasteiger partial charge >= 0.3 is 0 Å². The lowest BCUT2D eigenvalue weighted by Crippen LogP contribution is -2.38. The number of nitriles is 1. The van der Waals surface area contributed by atoms with Crippen molar-refractivity contribution in [2.45, 2.75) is 32.4 Å². The van der Waals surface area contributed by atoms with E-state index >= 15 is 0 Å². The van der Waals surface area contributed by atoms with Crippen molar-refractivity contribution in [3.63, 3.8) is 0 Å². The summed E-state index contributed by atoms with van der Waals surface area (Å²) in [7, 11) is 0. The summed E-state index contributed by atoms with van der Waals surface area (Å²) in [5.41, 5.74) is 6.16. The number of nitrogen functional groups attached to an aromatic ring is 1. The molecule has 0 saturated carbocycles. The van der Waals surface area contributed by atoms with E-state index in [1.165, 1.54) is 6.07 Å². The highest BCUT2D eigenvalue weighted by Crippen LogP contribution is 2.35. The molecular weight excluding hydrogens is 285 g/mol. The number of nitrogens with one attached hydrogen (secondary N) is 1. The summed E-state index contributed by atoms with van der Waals surface area (Å²) in [6.07, 6.45) is -0.864. The van der Waals surface area contributed by atoms with E-state index in [9.17, 15) is 5.11 Å². The zero-order valence-electron chi connectivity index (χ0n) is 11.1. The molecule has 1 unspecified atom stereocenters. The highest BCUT2D eigenvalue weighted by atomic mass is 35.5. The van der Waals surface area contributed by atoms with E-state index in [0.717, 1.165) is 0 Å². The van der Waals surface area contributed by atoms with Crippen LogP contribution in [-0.4, -0.2) is 17.2 Å². The summed E-state index contributed by atoms with van der Waals surface area (Å²) in [4.78, 5) is 0. The molecular formula is C13H17Cl2N3O. The molecule has 0 aliphatic carbocycles. The van der Waals surface area contributed by atoms with Crippen molar-refractivity contribution in [3.8, 4) is 6.07 Å². The monoisotopic (exact) mass is 301 g/mol. The summed E-state index contributed by atoms with van der Waals surface area (Å²) in [6, 6.07) is 3.39. The Bertz CT molecular complexity index is 518. The van der Waals surface area contributed by atoms with E-state index < -0.39 is 6.10 Å². The van der Waals surface area contributed by atoms with Crippen LogP contribution in [0.25, 0.3) is 0 Å². The summed E-state index contributed by atoms with van der Waals surface area (Å²) in [5, 5.41) is 22.7. The van der Waals surface area contributed by atoms with Gasteiger partial charge in [0.15, 0.2) is 0 Å². The molecule has 0 amide bonds. The Morgan fingerprint density at radius 2 is 2.05 bits per heavy atom. The molecule has 0 heterocycles. The lowest BCUT2D eigenvalue weighted by atomic mass is 10.0. The van der Waals surface area contributed by atoms with E-state index in [0.29, 0.717) is 12.1 Å². The van der Waals surface area contributed by atoms with Crippen molar-refractivity contribution in [1.82, 2.24) is 5.32 Å². The molecule has 0 radical (unpaired) electrons. The van der Waals surface area contributed by atoms with Gasteiger partial charge in [0.1, 0.15) is 6.07 Å². The molecule has 4 nitrogen and oxygen atoms in total. The maximum Gasteiger partial charge on any atom is 0.103 e. The molecule has 0 aliphatic heterocycles. The van der Waals surface area contributed by atoms with Crippen LogP contribution in [0, 0.1) is 11.3 Å². The van der Waals surface area contributed by atoms with Gasteiger partial charge in [0.05, 0.1) is 27.4 Å². The van der Waals surface area contributed by atoms with Crippen molar-refractivity contribution in [2.24, 2.45) is 0 Å². The topological polar surface area (TPSA) is 82.1 Å². The van der Waals surface area contributed by atoms with Crippen molar-refractivity contribution in [2.75, 3.05) is 12.3 Å². The van der Waals surface area contributed by atoms with E-state index in [4.69, 9.17) is 34.2 Å². The molecule has 0 aliphatic rings. The highest BCUT2D eigenvalue weighted by Gasteiger charge is 2.20. The van der Waals surface area contributed by atoms with Gasteiger partial charge < -0.3 is 16.2 Å². The molecule has 6 heteroatoms. The largest absolute Gasteiger partial charge is 0.396 e. The zero-order valence-corrected chi connectivity index (χ0v) is 12.6. The number of rotatable bonds is 3. The van der Waals surface area contributed by atoms with E-state index in [1.807, 2.05) is 26.8 Å². The molecule has 0 aromatic heterocycles. The molecule has 4 N–H and O–H groups in total. The summed E-state index contributed by atoms with van der Waals surface area (Å²) >= 11 is 12.0. The van der Waals surface area contributed by atoms with Crippen LogP contribution < -0.4 is 11.1 Å². The zero-order chi connectivity index (χ0) is 14.8. The number of hydrogen-bond acceptors (Lipinski definition) is 4. The van der Waals surface area contributed by atoms with E-state index in [1.54, 1.807) is 0 Å². The molecule has 19 heavy (non-hydrogen) atoms. The normalized spacial score (nSPS) is 13.1. The average Bonchev–Trinajstić information content (AvgIpc) is 2.30. The fraction of sp³-hybridized carbons (Fsp3) is 0.462. The Kier molecular flexibility index (Phi) is 5.05. The molecule has 0 bridgehead atoms. The Morgan fingerprint density at radius 3 is 2.53 bits per heavy atom. The number of aliphatic hydroxyl groups is 1. The molecule has 1 atom stereocenters. The third-order valence-electron chi connectivity index (χ3n) is 2.58. The van der Waals surface area contributed by atoms with Gasteiger partial charge in [0.25, 0.3) is 0 Å². The van der Waals surface area contributed by atoms with Crippen molar-refractivity contribution in [1.29, 1.82) is 5.26 Å². The molecule has 1 aromatic carbocycles. The minimum Gasteiger partial charge on any atom is -0.396 e. The SMILES string of the molecule is CC(C)(C)NCC(O)c1cc(Cl)c(N)c(C#N)c1Cl. The first-order valence-corrected chi connectivity index (χ1v) is 6.53. The number of nitrogens with two attached hydrogens (primary N) is 1. The van der Waals surface area contributed by atoms with Crippen LogP contribution in [0.4, 0.5) is 5.69 Å². The second-order valence-corrected chi connectivity index (χ2v) is 6.09. The molecule has 0 fully saturated rings. The first-order chi connectivity index (χ1) is 8.67. The molecule has 1 rings (SSSR count). The minimum atomic E-state index is -0.864. The number of halogens is 2. The first-order valence-electron chi connectivity index (χ1n) is 5.78. The van der Waals surface area contributed by atoms with Crippen LogP contribution in [0.1, 0.15) is 38.0 Å². The third-order valence-corrected chi connectivity index (χ3v) is 3.30. The Labute approximate surface area is 123 Å². The van der Waals surface area contributed by atoms with Crippen LogP contribution >= 0.6 is 23.2 Å². The smallest absolute Gasteiger partial charge is 0.103 e. The molecule has 0 saturated heterocycles. The lowest BCUT2D eigenvalue weighted by molar-refractivity contribution is 0.163. The third kappa shape index (κ3) is 3.99. The number of nitrogens with zero attached hydrogens (tertiary/aromatic N) is 1. The molecule has 1 aromatic rings. The Hall–Kier alpha value is -0.990. The van der Waals surface area contributed by atoms with Crippen LogP contribution in [-0.2, 0) is 0 Å². The second-order valence-electron chi connectivity index (χ2n) is 5.31. The van der Waals surface area contributed by atoms with Gasteiger partial charge in [-0.2, -0.15) is 5.26 Å². The van der Waals surface area contributed by atoms with Crippen LogP contribution in [0.3, 0.4) is 0 Å². The number of hydrogen-bond donors (Lipinski definition) is 3. The van der Waals surface area contributed by atoms with Crippen molar-refractivity contribution in [3.05, 3.63) is 27.2 Å². The van der Waals surface area contributed by atoms with Gasteiger partial charge in [-0.3, -0.25) is 0 Å². The fourth-order valence-electron chi connectivity index (χ4n) is 1.52. The van der Waals surface area contributed by atoms with Gasteiger partial charge in [-0.1, -0.05) is 23.2 Å². The Morgan fingerprint density at radius 1 is 1.47 bits per heavy atom. The fourth-order valence-corrected chi connectivity index (χ4v) is 2.06. The highest BCUT2D eigenvalue weighted by molar-refractivity contribution is 6.36. The van der Waals surface area contributed by atoms with Crippen molar-refractivity contribution < 1.29 is 5.11 Å². The summed E-state index contributed by atoms with van der Waals surface area (Å²) < 4.78 is 0. The van der Waals surface area contributed by atoms with Crippen molar-refractivity contribution >= 4 is 28.9 Å². The van der Waals surface area contributed by atoms with Crippen LogP contribution in [0.2, 0.25) is 10.0 Å². The maximum absolute atomic E-state index is 10.1. The summed E-state index contributed by atoms with van der Waals surface area (Å²) in [5.74, 6) is 0. The molecule has 104 valence electrons. The minimum absolute atomic E-state index is 0.0963. The second kappa shape index (κ2) is 5.98. The standard InChI is InChI=1S/C13H17Cl2N3O/c1-13(2,3)18-6-10(19)7-4-9(14)12(17)8(5-16)11(7)15/h4,10,18-19H,6,17H2,1-3H3. The Balaban J connectivity index is 3.08. The van der Waals surface area contributed by atoms with Crippen LogP contribution in [0.15, 0.2) is 6.07 Å². The van der Waals surface area contributed by atoms with Gasteiger partial charge in [-0.25, -0.2) is 0 Å². The first kappa shape index (κ1) is 16.1. The lowest BCUT2D eigenvalue weighted by Gasteiger charge is -2.24. The average molecular weight is 302 g/mol. The van der Waals surface area contributed by atoms with Crippen LogP contribution in [0.5, 0.6) is 0 Å². The van der Waals surface area contributed by atoms with E-state index in [2.05, 4.69) is 5.32 Å².